The summed E-state index contributed by atoms with van der Waals surface area (Å²) in [5, 5.41) is 13.7. The summed E-state index contributed by atoms with van der Waals surface area (Å²) in [6.45, 7) is 5.99. The monoisotopic (exact) mass is 220 g/mol. The Kier molecular flexibility index (Phi) is 2.57. The van der Waals surface area contributed by atoms with Gasteiger partial charge < -0.3 is 5.11 Å². The fourth-order valence-electron chi connectivity index (χ4n) is 1.68. The summed E-state index contributed by atoms with van der Waals surface area (Å²) in [5.41, 5.74) is 0.317. The molecule has 0 aliphatic rings. The maximum Gasteiger partial charge on any atom is 0.0905 e. The number of thiophene rings is 1. The standard InChI is InChI=1S/C13H16OS/c1-9(2)13(3,14)11-8-15-12-7-5-4-6-10(11)12/h4-9,14H,1-3H3. The van der Waals surface area contributed by atoms with Gasteiger partial charge in [0.25, 0.3) is 0 Å². The molecule has 80 valence electrons. The van der Waals surface area contributed by atoms with Crippen molar-refractivity contribution >= 4 is 21.4 Å². The van der Waals surface area contributed by atoms with E-state index in [-0.39, 0.29) is 5.92 Å². The van der Waals surface area contributed by atoms with E-state index in [1.54, 1.807) is 11.3 Å². The molecule has 1 aromatic carbocycles. The van der Waals surface area contributed by atoms with E-state index in [1.807, 2.05) is 32.9 Å². The van der Waals surface area contributed by atoms with Gasteiger partial charge in [-0.05, 0) is 29.7 Å². The van der Waals surface area contributed by atoms with Crippen molar-refractivity contribution in [1.29, 1.82) is 0 Å². The molecule has 0 radical (unpaired) electrons. The minimum Gasteiger partial charge on any atom is -0.385 e. The molecule has 15 heavy (non-hydrogen) atoms. The van der Waals surface area contributed by atoms with E-state index < -0.39 is 5.60 Å². The maximum atomic E-state index is 10.5. The van der Waals surface area contributed by atoms with Crippen LogP contribution >= 0.6 is 11.3 Å². The van der Waals surface area contributed by atoms with Crippen LogP contribution in [0, 0.1) is 5.92 Å². The number of fused-ring (bicyclic) bond motifs is 1. The van der Waals surface area contributed by atoms with Gasteiger partial charge in [0, 0.05) is 10.3 Å². The third kappa shape index (κ3) is 1.68. The summed E-state index contributed by atoms with van der Waals surface area (Å²) < 4.78 is 1.24. The van der Waals surface area contributed by atoms with Crippen LogP contribution in [0.4, 0.5) is 0 Å². The summed E-state index contributed by atoms with van der Waals surface area (Å²) >= 11 is 1.70. The third-order valence-electron chi connectivity index (χ3n) is 3.15. The molecule has 0 fully saturated rings. The lowest BCUT2D eigenvalue weighted by Crippen LogP contribution is -2.27. The lowest BCUT2D eigenvalue weighted by molar-refractivity contribution is 0.0108. The highest BCUT2D eigenvalue weighted by molar-refractivity contribution is 7.17. The smallest absolute Gasteiger partial charge is 0.0905 e. The molecule has 1 N–H and O–H groups in total. The first-order valence-electron chi connectivity index (χ1n) is 5.22. The molecule has 0 aliphatic heterocycles. The number of aliphatic hydroxyl groups is 1. The second-order valence-electron chi connectivity index (χ2n) is 4.45. The minimum absolute atomic E-state index is 0.218. The molecule has 0 aliphatic carbocycles. The molecule has 1 nitrogen and oxygen atoms in total. The molecule has 1 aromatic heterocycles. The van der Waals surface area contributed by atoms with Gasteiger partial charge in [0.2, 0.25) is 0 Å². The van der Waals surface area contributed by atoms with E-state index in [2.05, 4.69) is 17.5 Å². The van der Waals surface area contributed by atoms with Crippen LogP contribution in [-0.2, 0) is 5.60 Å². The molecular formula is C13H16OS. The van der Waals surface area contributed by atoms with Crippen molar-refractivity contribution in [2.75, 3.05) is 0 Å². The van der Waals surface area contributed by atoms with Gasteiger partial charge in [-0.3, -0.25) is 0 Å². The highest BCUT2D eigenvalue weighted by Crippen LogP contribution is 2.37. The normalized spacial score (nSPS) is 15.8. The Bertz CT molecular complexity index is 468. The predicted molar refractivity (Wildman–Crippen MR) is 66.2 cm³/mol. The fraction of sp³-hybridized carbons (Fsp3) is 0.385. The molecule has 0 spiro atoms. The molecule has 1 unspecified atom stereocenters. The maximum absolute atomic E-state index is 10.5. The second-order valence-corrected chi connectivity index (χ2v) is 5.36. The van der Waals surface area contributed by atoms with Crippen LogP contribution in [0.5, 0.6) is 0 Å². The SMILES string of the molecule is CC(C)C(C)(O)c1csc2ccccc12. The van der Waals surface area contributed by atoms with Crippen molar-refractivity contribution < 1.29 is 5.11 Å². The second kappa shape index (κ2) is 3.62. The van der Waals surface area contributed by atoms with Gasteiger partial charge in [0.05, 0.1) is 5.60 Å². The van der Waals surface area contributed by atoms with Gasteiger partial charge in [0.1, 0.15) is 0 Å². The summed E-state index contributed by atoms with van der Waals surface area (Å²) in [4.78, 5) is 0. The quantitative estimate of drug-likeness (QED) is 0.817. The molecule has 0 saturated heterocycles. The van der Waals surface area contributed by atoms with E-state index in [9.17, 15) is 5.11 Å². The summed E-state index contributed by atoms with van der Waals surface area (Å²) in [6.07, 6.45) is 0. The van der Waals surface area contributed by atoms with Gasteiger partial charge >= 0.3 is 0 Å². The minimum atomic E-state index is -0.737. The Morgan fingerprint density at radius 1 is 1.27 bits per heavy atom. The van der Waals surface area contributed by atoms with Crippen LogP contribution in [0.25, 0.3) is 10.1 Å². The van der Waals surface area contributed by atoms with Gasteiger partial charge in [-0.2, -0.15) is 0 Å². The van der Waals surface area contributed by atoms with Crippen LogP contribution < -0.4 is 0 Å². The van der Waals surface area contributed by atoms with Crippen molar-refractivity contribution in [3.63, 3.8) is 0 Å². The molecule has 0 amide bonds. The Morgan fingerprint density at radius 3 is 2.60 bits per heavy atom. The average Bonchev–Trinajstić information content (AvgIpc) is 2.61. The van der Waals surface area contributed by atoms with Gasteiger partial charge in [0.15, 0.2) is 0 Å². The number of rotatable bonds is 2. The lowest BCUT2D eigenvalue weighted by Gasteiger charge is -2.27. The highest BCUT2D eigenvalue weighted by Gasteiger charge is 2.29. The van der Waals surface area contributed by atoms with E-state index in [1.165, 1.54) is 10.1 Å². The molecule has 0 saturated carbocycles. The number of hydrogen-bond donors (Lipinski definition) is 1. The fourth-order valence-corrected chi connectivity index (χ4v) is 2.75. The zero-order valence-electron chi connectivity index (χ0n) is 9.32. The molecule has 1 heterocycles. The number of hydrogen-bond acceptors (Lipinski definition) is 2. The predicted octanol–water partition coefficient (Wildman–Crippen LogP) is 3.76. The average molecular weight is 220 g/mol. The topological polar surface area (TPSA) is 20.2 Å². The molecule has 2 rings (SSSR count). The van der Waals surface area contributed by atoms with Crippen molar-refractivity contribution in [3.8, 4) is 0 Å². The van der Waals surface area contributed by atoms with E-state index in [4.69, 9.17) is 0 Å². The Hall–Kier alpha value is -0.860. The van der Waals surface area contributed by atoms with Crippen molar-refractivity contribution in [3.05, 3.63) is 35.2 Å². The first-order chi connectivity index (χ1) is 7.03. The first-order valence-corrected chi connectivity index (χ1v) is 6.10. The first kappa shape index (κ1) is 10.7. The van der Waals surface area contributed by atoms with E-state index in [0.717, 1.165) is 5.56 Å². The molecule has 2 heteroatoms. The summed E-state index contributed by atoms with van der Waals surface area (Å²) in [7, 11) is 0. The molecule has 0 bridgehead atoms. The third-order valence-corrected chi connectivity index (χ3v) is 4.11. The van der Waals surface area contributed by atoms with Gasteiger partial charge in [-0.25, -0.2) is 0 Å². The zero-order valence-corrected chi connectivity index (χ0v) is 10.1. The Labute approximate surface area is 94.4 Å². The van der Waals surface area contributed by atoms with Crippen molar-refractivity contribution in [2.45, 2.75) is 26.4 Å². The Balaban J connectivity index is 2.62. The summed E-state index contributed by atoms with van der Waals surface area (Å²) in [6, 6.07) is 8.24. The number of benzene rings is 1. The molecular weight excluding hydrogens is 204 g/mol. The summed E-state index contributed by atoms with van der Waals surface area (Å²) in [5.74, 6) is 0.218. The molecule has 1 atom stereocenters. The van der Waals surface area contributed by atoms with Gasteiger partial charge in [-0.1, -0.05) is 32.0 Å². The largest absolute Gasteiger partial charge is 0.385 e. The Morgan fingerprint density at radius 2 is 1.93 bits per heavy atom. The highest BCUT2D eigenvalue weighted by atomic mass is 32.1. The van der Waals surface area contributed by atoms with Gasteiger partial charge in [-0.15, -0.1) is 11.3 Å². The lowest BCUT2D eigenvalue weighted by atomic mass is 9.85. The van der Waals surface area contributed by atoms with Crippen LogP contribution in [0.2, 0.25) is 0 Å². The van der Waals surface area contributed by atoms with Crippen LogP contribution in [0.3, 0.4) is 0 Å². The van der Waals surface area contributed by atoms with Crippen molar-refractivity contribution in [2.24, 2.45) is 5.92 Å². The van der Waals surface area contributed by atoms with Crippen LogP contribution in [0.15, 0.2) is 29.6 Å². The van der Waals surface area contributed by atoms with Crippen LogP contribution in [-0.4, -0.2) is 5.11 Å². The van der Waals surface area contributed by atoms with E-state index >= 15 is 0 Å². The van der Waals surface area contributed by atoms with Crippen LogP contribution in [0.1, 0.15) is 26.3 Å². The van der Waals surface area contributed by atoms with E-state index in [0.29, 0.717) is 0 Å². The zero-order chi connectivity index (χ0) is 11.1. The molecule has 2 aromatic rings. The van der Waals surface area contributed by atoms with Crippen molar-refractivity contribution in [1.82, 2.24) is 0 Å².